The smallest absolute Gasteiger partial charge is 0.118 e. The van der Waals surface area contributed by atoms with Gasteiger partial charge in [0.2, 0.25) is 0 Å². The molecule has 23 heavy (non-hydrogen) atoms. The largest absolute Gasteiger partial charge is 0.497 e. The molecule has 0 fully saturated rings. The van der Waals surface area contributed by atoms with Gasteiger partial charge in [0.1, 0.15) is 5.75 Å². The van der Waals surface area contributed by atoms with Crippen LogP contribution in [0.2, 0.25) is 0 Å². The van der Waals surface area contributed by atoms with Crippen LogP contribution in [0.25, 0.3) is 0 Å². The molecule has 1 heteroatoms. The van der Waals surface area contributed by atoms with Gasteiger partial charge in [-0.2, -0.15) is 0 Å². The van der Waals surface area contributed by atoms with Crippen LogP contribution in [-0.4, -0.2) is 7.11 Å². The fourth-order valence-corrected chi connectivity index (χ4v) is 2.64. The van der Waals surface area contributed by atoms with Gasteiger partial charge < -0.3 is 4.74 Å². The topological polar surface area (TPSA) is 9.23 Å². The van der Waals surface area contributed by atoms with Gasteiger partial charge in [0.05, 0.1) is 7.11 Å². The first-order valence-corrected chi connectivity index (χ1v) is 8.48. The first kappa shape index (κ1) is 17.3. The second-order valence-electron chi connectivity index (χ2n) is 6.49. The molecule has 2 aromatic carbocycles. The molecule has 0 amide bonds. The van der Waals surface area contributed by atoms with E-state index in [4.69, 9.17) is 4.74 Å². The van der Waals surface area contributed by atoms with Gasteiger partial charge in [-0.25, -0.2) is 0 Å². The maximum atomic E-state index is 5.18. The van der Waals surface area contributed by atoms with Crippen LogP contribution in [0, 0.1) is 0 Å². The highest BCUT2D eigenvalue weighted by Crippen LogP contribution is 2.23. The second-order valence-corrected chi connectivity index (χ2v) is 6.49. The minimum absolute atomic E-state index is 0.556. The summed E-state index contributed by atoms with van der Waals surface area (Å²) in [4.78, 5) is 0. The molecular formula is C22H28O. The summed E-state index contributed by atoms with van der Waals surface area (Å²) in [5, 5.41) is 0. The van der Waals surface area contributed by atoms with Crippen LogP contribution in [-0.2, 0) is 6.42 Å². The van der Waals surface area contributed by atoms with Gasteiger partial charge in [-0.15, -0.1) is 0 Å². The van der Waals surface area contributed by atoms with Crippen molar-refractivity contribution in [1.29, 1.82) is 0 Å². The van der Waals surface area contributed by atoms with Crippen LogP contribution in [0.4, 0.5) is 0 Å². The highest BCUT2D eigenvalue weighted by Gasteiger charge is 2.06. The Morgan fingerprint density at radius 1 is 0.913 bits per heavy atom. The molecule has 0 aliphatic heterocycles. The normalized spacial score (nSPS) is 12.7. The number of ether oxygens (including phenoxy) is 1. The van der Waals surface area contributed by atoms with Crippen molar-refractivity contribution >= 4 is 0 Å². The van der Waals surface area contributed by atoms with Gasteiger partial charge in [-0.1, -0.05) is 69.3 Å². The number of rotatable bonds is 7. The van der Waals surface area contributed by atoms with Crippen molar-refractivity contribution in [3.63, 3.8) is 0 Å². The maximum Gasteiger partial charge on any atom is 0.118 e. The molecule has 0 bridgehead atoms. The van der Waals surface area contributed by atoms with Gasteiger partial charge in [-0.05, 0) is 53.5 Å². The minimum Gasteiger partial charge on any atom is -0.497 e. The predicted octanol–water partition coefficient (Wildman–Crippen LogP) is 6.11. The number of hydrogen-bond acceptors (Lipinski definition) is 1. The number of allylic oxidation sites excluding steroid dienone is 2. The fourth-order valence-electron chi connectivity index (χ4n) is 2.64. The Labute approximate surface area is 141 Å². The van der Waals surface area contributed by atoms with E-state index >= 15 is 0 Å². The van der Waals surface area contributed by atoms with Crippen molar-refractivity contribution in [1.82, 2.24) is 0 Å². The molecule has 0 heterocycles. The van der Waals surface area contributed by atoms with E-state index in [1.54, 1.807) is 7.11 Å². The molecule has 122 valence electrons. The van der Waals surface area contributed by atoms with Crippen LogP contribution < -0.4 is 4.74 Å². The van der Waals surface area contributed by atoms with Crippen molar-refractivity contribution in [2.75, 3.05) is 7.11 Å². The summed E-state index contributed by atoms with van der Waals surface area (Å²) in [6.07, 6.45) is 6.63. The van der Waals surface area contributed by atoms with E-state index in [9.17, 15) is 0 Å². The van der Waals surface area contributed by atoms with Gasteiger partial charge >= 0.3 is 0 Å². The third kappa shape index (κ3) is 5.28. The lowest BCUT2D eigenvalue weighted by Gasteiger charge is -2.13. The molecule has 1 unspecified atom stereocenters. The van der Waals surface area contributed by atoms with Gasteiger partial charge in [0.15, 0.2) is 0 Å². The van der Waals surface area contributed by atoms with E-state index in [0.717, 1.165) is 18.6 Å². The van der Waals surface area contributed by atoms with E-state index in [1.807, 2.05) is 12.1 Å². The summed E-state index contributed by atoms with van der Waals surface area (Å²) in [5.41, 5.74) is 4.18. The second kappa shape index (κ2) is 8.57. The Kier molecular flexibility index (Phi) is 6.46. The lowest BCUT2D eigenvalue weighted by atomic mass is 9.93. The Balaban J connectivity index is 1.87. The first-order chi connectivity index (χ1) is 11.1. The van der Waals surface area contributed by atoms with Crippen molar-refractivity contribution in [3.05, 3.63) is 77.4 Å². The molecular weight excluding hydrogens is 280 g/mol. The van der Waals surface area contributed by atoms with E-state index in [2.05, 4.69) is 69.3 Å². The molecule has 2 rings (SSSR count). The molecule has 0 saturated heterocycles. The lowest BCUT2D eigenvalue weighted by molar-refractivity contribution is 0.414. The van der Waals surface area contributed by atoms with Crippen LogP contribution in [0.3, 0.4) is 0 Å². The number of benzene rings is 2. The Morgan fingerprint density at radius 3 is 2.26 bits per heavy atom. The third-order valence-corrected chi connectivity index (χ3v) is 4.32. The zero-order valence-electron chi connectivity index (χ0n) is 14.8. The standard InChI is InChI=1S/C22H28O/c1-17(2)20-10-7-11-21(16-20)18(3)8-5-6-9-19-12-14-22(23-4)15-13-19/h5-7,10-18H,8-9H2,1-4H3/b6-5+. The molecule has 0 aliphatic carbocycles. The summed E-state index contributed by atoms with van der Waals surface area (Å²) >= 11 is 0. The number of methoxy groups -OCH3 is 1. The Bertz CT molecular complexity index is 623. The van der Waals surface area contributed by atoms with E-state index in [1.165, 1.54) is 16.7 Å². The van der Waals surface area contributed by atoms with Crippen molar-refractivity contribution in [2.45, 2.75) is 45.4 Å². The van der Waals surface area contributed by atoms with Gasteiger partial charge in [-0.3, -0.25) is 0 Å². The predicted molar refractivity (Wildman–Crippen MR) is 99.4 cm³/mol. The molecule has 2 aromatic rings. The highest BCUT2D eigenvalue weighted by molar-refractivity contribution is 5.29. The van der Waals surface area contributed by atoms with Gasteiger partial charge in [0.25, 0.3) is 0 Å². The molecule has 1 atom stereocenters. The van der Waals surface area contributed by atoms with Crippen LogP contribution in [0.1, 0.15) is 55.7 Å². The Hall–Kier alpha value is -2.02. The SMILES string of the molecule is COc1ccc(C/C=C/CC(C)c2cccc(C(C)C)c2)cc1. The molecule has 1 nitrogen and oxygen atoms in total. The van der Waals surface area contributed by atoms with Crippen molar-refractivity contribution in [3.8, 4) is 5.75 Å². The molecule has 0 saturated carbocycles. The van der Waals surface area contributed by atoms with Gasteiger partial charge in [0, 0.05) is 0 Å². The molecule has 0 aromatic heterocycles. The summed E-state index contributed by atoms with van der Waals surface area (Å²) in [6.45, 7) is 6.80. The van der Waals surface area contributed by atoms with Crippen molar-refractivity contribution in [2.24, 2.45) is 0 Å². The zero-order valence-corrected chi connectivity index (χ0v) is 14.8. The van der Waals surface area contributed by atoms with E-state index in [0.29, 0.717) is 11.8 Å². The Morgan fingerprint density at radius 2 is 1.61 bits per heavy atom. The lowest BCUT2D eigenvalue weighted by Crippen LogP contribution is -1.95. The molecule has 0 radical (unpaired) electrons. The average Bonchev–Trinajstić information content (AvgIpc) is 2.59. The maximum absolute atomic E-state index is 5.18. The molecule has 0 spiro atoms. The summed E-state index contributed by atoms with van der Waals surface area (Å²) in [7, 11) is 1.70. The van der Waals surface area contributed by atoms with E-state index in [-0.39, 0.29) is 0 Å². The average molecular weight is 308 g/mol. The summed E-state index contributed by atoms with van der Waals surface area (Å²) in [5.74, 6) is 2.06. The highest BCUT2D eigenvalue weighted by atomic mass is 16.5. The van der Waals surface area contributed by atoms with Crippen molar-refractivity contribution < 1.29 is 4.74 Å². The van der Waals surface area contributed by atoms with E-state index < -0.39 is 0 Å². The van der Waals surface area contributed by atoms with Crippen LogP contribution in [0.5, 0.6) is 5.75 Å². The monoisotopic (exact) mass is 308 g/mol. The summed E-state index contributed by atoms with van der Waals surface area (Å²) in [6, 6.07) is 17.3. The molecule has 0 aliphatic rings. The molecule has 0 N–H and O–H groups in total. The summed E-state index contributed by atoms with van der Waals surface area (Å²) < 4.78 is 5.18. The quantitative estimate of drug-likeness (QED) is 0.561. The third-order valence-electron chi connectivity index (χ3n) is 4.32. The number of hydrogen-bond donors (Lipinski definition) is 0. The minimum atomic E-state index is 0.556. The fraction of sp³-hybridized carbons (Fsp3) is 0.364. The zero-order chi connectivity index (χ0) is 16.7. The first-order valence-electron chi connectivity index (χ1n) is 8.48. The van der Waals surface area contributed by atoms with Crippen LogP contribution >= 0.6 is 0 Å². The van der Waals surface area contributed by atoms with Crippen LogP contribution in [0.15, 0.2) is 60.7 Å².